The molecule has 2 N–H and O–H groups in total. The first kappa shape index (κ1) is 22.8. The average molecular weight is 517 g/mol. The van der Waals surface area contributed by atoms with Gasteiger partial charge in [-0.15, -0.1) is 5.10 Å². The molecule has 1 unspecified atom stereocenters. The summed E-state index contributed by atoms with van der Waals surface area (Å²) in [6.45, 7) is 2.34. The van der Waals surface area contributed by atoms with E-state index in [9.17, 15) is 4.39 Å². The molecule has 1 aromatic carbocycles. The predicted molar refractivity (Wildman–Crippen MR) is 146 cm³/mol. The summed E-state index contributed by atoms with van der Waals surface area (Å²) in [5, 5.41) is 17.1. The molecule has 1 aliphatic heterocycles. The Bertz CT molecular complexity index is 1940. The van der Waals surface area contributed by atoms with E-state index < -0.39 is 5.82 Å². The van der Waals surface area contributed by atoms with Crippen LogP contribution >= 0.6 is 0 Å². The van der Waals surface area contributed by atoms with Crippen molar-refractivity contribution in [1.82, 2.24) is 29.1 Å². The number of anilines is 1. The monoisotopic (exact) mass is 516 g/mol. The minimum atomic E-state index is -0.431. The van der Waals surface area contributed by atoms with Crippen LogP contribution in [0.4, 0.5) is 10.2 Å². The Morgan fingerprint density at radius 1 is 0.974 bits per heavy atom. The van der Waals surface area contributed by atoms with Crippen LogP contribution in [0.1, 0.15) is 24.1 Å². The first-order chi connectivity index (χ1) is 19.1. The van der Waals surface area contributed by atoms with Gasteiger partial charge in [-0.1, -0.05) is 12.1 Å². The van der Waals surface area contributed by atoms with Crippen molar-refractivity contribution in [3.8, 4) is 22.6 Å². The molecule has 1 aliphatic rings. The largest absolute Gasteiger partial charge is 0.383 e. The molecule has 5 aromatic heterocycles. The Balaban J connectivity index is 1.44. The highest BCUT2D eigenvalue weighted by molar-refractivity contribution is 6.05. The van der Waals surface area contributed by atoms with Crippen molar-refractivity contribution in [1.29, 1.82) is 0 Å². The Morgan fingerprint density at radius 3 is 2.67 bits per heavy atom. The summed E-state index contributed by atoms with van der Waals surface area (Å²) < 4.78 is 18.8. The van der Waals surface area contributed by atoms with E-state index in [2.05, 4.69) is 40.9 Å². The fourth-order valence-electron chi connectivity index (χ4n) is 5.09. The highest BCUT2D eigenvalue weighted by Gasteiger charge is 2.26. The van der Waals surface area contributed by atoms with Crippen molar-refractivity contribution in [3.05, 3.63) is 96.3 Å². The second-order valence-electron chi connectivity index (χ2n) is 9.25. The SMILES string of the molecule is CC(c1cc2ccccn2c1-c1ccccn1)n1nc(-c2cc(F)cc(C3=NN=NC3)c2)c2c(N)ncnc21. The maximum Gasteiger partial charge on any atom is 0.164 e. The summed E-state index contributed by atoms with van der Waals surface area (Å²) in [5.41, 5.74) is 12.9. The maximum atomic E-state index is 14.8. The highest BCUT2D eigenvalue weighted by atomic mass is 19.1. The summed E-state index contributed by atoms with van der Waals surface area (Å²) in [6.07, 6.45) is 5.20. The van der Waals surface area contributed by atoms with Crippen LogP contribution in [0.2, 0.25) is 0 Å². The van der Waals surface area contributed by atoms with Crippen LogP contribution in [0.5, 0.6) is 0 Å². The molecule has 0 radical (unpaired) electrons. The smallest absolute Gasteiger partial charge is 0.164 e. The Hall–Kier alpha value is -5.32. The lowest BCUT2D eigenvalue weighted by atomic mass is 10.0. The van der Waals surface area contributed by atoms with E-state index in [-0.39, 0.29) is 11.9 Å². The van der Waals surface area contributed by atoms with Crippen LogP contribution in [-0.4, -0.2) is 41.4 Å². The van der Waals surface area contributed by atoms with Gasteiger partial charge in [0.15, 0.2) is 5.65 Å². The summed E-state index contributed by atoms with van der Waals surface area (Å²) in [6, 6.07) is 18.4. The Morgan fingerprint density at radius 2 is 1.85 bits per heavy atom. The average Bonchev–Trinajstić information content (AvgIpc) is 3.71. The zero-order valence-corrected chi connectivity index (χ0v) is 20.8. The van der Waals surface area contributed by atoms with Crippen molar-refractivity contribution >= 4 is 28.1 Å². The summed E-state index contributed by atoms with van der Waals surface area (Å²) >= 11 is 0. The number of nitrogens with zero attached hydrogens (tertiary/aromatic N) is 9. The van der Waals surface area contributed by atoms with Gasteiger partial charge in [-0.05, 0) is 60.7 Å². The molecule has 11 heteroatoms. The second-order valence-corrected chi connectivity index (χ2v) is 9.25. The van der Waals surface area contributed by atoms with Crippen molar-refractivity contribution in [2.75, 3.05) is 12.3 Å². The molecule has 1 atom stereocenters. The van der Waals surface area contributed by atoms with E-state index in [1.54, 1.807) is 6.20 Å². The number of rotatable bonds is 5. The normalized spacial score (nSPS) is 13.8. The third-order valence-corrected chi connectivity index (χ3v) is 6.91. The molecule has 0 bridgehead atoms. The molecule has 39 heavy (non-hydrogen) atoms. The van der Waals surface area contributed by atoms with Crippen LogP contribution in [0, 0.1) is 5.82 Å². The number of fused-ring (bicyclic) bond motifs is 2. The molecule has 7 rings (SSSR count). The standard InChI is InChI=1S/C28H21FN10/c1-16(21-13-20-6-3-5-9-38(20)26(21)22-7-2-4-8-31-22)39-28-24(27(30)32-15-33-28)25(36-39)18-10-17(11-19(29)12-18)23-14-34-37-35-23/h2-13,15-16H,14H2,1H3,(H2,30,32,33). The van der Waals surface area contributed by atoms with E-state index >= 15 is 0 Å². The van der Waals surface area contributed by atoms with Gasteiger partial charge in [0.05, 0.1) is 28.5 Å². The fourth-order valence-corrected chi connectivity index (χ4v) is 5.09. The highest BCUT2D eigenvalue weighted by Crippen LogP contribution is 2.37. The summed E-state index contributed by atoms with van der Waals surface area (Å²) in [5.74, 6) is -0.172. The number of halogens is 1. The van der Waals surface area contributed by atoms with Crippen LogP contribution < -0.4 is 5.73 Å². The van der Waals surface area contributed by atoms with Crippen LogP contribution in [0.3, 0.4) is 0 Å². The van der Waals surface area contributed by atoms with Gasteiger partial charge in [0.25, 0.3) is 0 Å². The molecule has 0 amide bonds. The third-order valence-electron chi connectivity index (χ3n) is 6.91. The minimum absolute atomic E-state index is 0.259. The van der Waals surface area contributed by atoms with Gasteiger partial charge in [0, 0.05) is 34.6 Å². The van der Waals surface area contributed by atoms with Gasteiger partial charge >= 0.3 is 0 Å². The van der Waals surface area contributed by atoms with Gasteiger partial charge in [-0.3, -0.25) is 4.98 Å². The summed E-state index contributed by atoms with van der Waals surface area (Å²) in [4.78, 5) is 13.4. The van der Waals surface area contributed by atoms with Gasteiger partial charge in [-0.2, -0.15) is 10.2 Å². The minimum Gasteiger partial charge on any atom is -0.383 e. The lowest BCUT2D eigenvalue weighted by Crippen LogP contribution is -2.10. The molecular weight excluding hydrogens is 495 g/mol. The van der Waals surface area contributed by atoms with E-state index in [1.165, 1.54) is 18.5 Å². The van der Waals surface area contributed by atoms with Crippen molar-refractivity contribution in [2.24, 2.45) is 15.4 Å². The van der Waals surface area contributed by atoms with Gasteiger partial charge in [0.2, 0.25) is 0 Å². The zero-order chi connectivity index (χ0) is 26.5. The fraction of sp³-hybridized carbons (Fsp3) is 0.107. The first-order valence-corrected chi connectivity index (χ1v) is 12.3. The number of hydrogen-bond acceptors (Lipinski definition) is 8. The first-order valence-electron chi connectivity index (χ1n) is 12.3. The number of aromatic nitrogens is 6. The van der Waals surface area contributed by atoms with Gasteiger partial charge in [0.1, 0.15) is 30.2 Å². The molecule has 0 fully saturated rings. The summed E-state index contributed by atoms with van der Waals surface area (Å²) in [7, 11) is 0. The van der Waals surface area contributed by atoms with Crippen LogP contribution in [-0.2, 0) is 0 Å². The zero-order valence-electron chi connectivity index (χ0n) is 20.8. The van der Waals surface area contributed by atoms with Crippen molar-refractivity contribution in [3.63, 3.8) is 0 Å². The van der Waals surface area contributed by atoms with Crippen molar-refractivity contribution in [2.45, 2.75) is 13.0 Å². The number of hydrogen-bond donors (Lipinski definition) is 1. The molecule has 6 heterocycles. The number of nitrogens with two attached hydrogens (primary N) is 1. The molecule has 6 aromatic rings. The van der Waals surface area contributed by atoms with E-state index in [0.29, 0.717) is 40.1 Å². The number of nitrogen functional groups attached to an aromatic ring is 1. The molecule has 0 spiro atoms. The molecule has 0 aliphatic carbocycles. The maximum absolute atomic E-state index is 14.8. The van der Waals surface area contributed by atoms with Crippen LogP contribution in [0.25, 0.3) is 39.2 Å². The lowest BCUT2D eigenvalue weighted by Gasteiger charge is -2.15. The third kappa shape index (κ3) is 3.74. The van der Waals surface area contributed by atoms with E-state index in [1.807, 2.05) is 60.3 Å². The van der Waals surface area contributed by atoms with E-state index in [4.69, 9.17) is 10.8 Å². The Kier molecular flexibility index (Phi) is 5.22. The number of benzene rings is 1. The number of pyridine rings is 2. The topological polar surface area (TPSA) is 124 Å². The van der Waals surface area contributed by atoms with Gasteiger partial charge < -0.3 is 10.1 Å². The predicted octanol–water partition coefficient (Wildman–Crippen LogP) is 5.31. The quantitative estimate of drug-likeness (QED) is 0.333. The van der Waals surface area contributed by atoms with Gasteiger partial charge in [-0.25, -0.2) is 19.0 Å². The van der Waals surface area contributed by atoms with Crippen LogP contribution in [0.15, 0.2) is 94.8 Å². The molecular formula is C28H21FN10. The molecule has 0 saturated carbocycles. The lowest BCUT2D eigenvalue weighted by molar-refractivity contribution is 0.581. The molecule has 190 valence electrons. The molecule has 0 saturated heterocycles. The molecule has 10 nitrogen and oxygen atoms in total. The second kappa shape index (κ2) is 8.91. The van der Waals surface area contributed by atoms with Crippen molar-refractivity contribution < 1.29 is 4.39 Å². The Labute approximate surface area is 221 Å². The van der Waals surface area contributed by atoms with E-state index in [0.717, 1.165) is 22.5 Å².